The lowest BCUT2D eigenvalue weighted by Crippen LogP contribution is -2.32. The van der Waals surface area contributed by atoms with E-state index in [1.165, 1.54) is 7.11 Å². The molecule has 0 fully saturated rings. The SMILES string of the molecule is COC(=O)c1cccc(CCN(C)CCC[C@@](C#N)(c2ccc(OC)c(OC)c2)C(C)C)c1.O=C(O)C(=O)O. The van der Waals surface area contributed by atoms with Crippen LogP contribution >= 0.6 is 0 Å². The Morgan fingerprint density at radius 2 is 1.62 bits per heavy atom. The molecule has 0 amide bonds. The van der Waals surface area contributed by atoms with Crippen molar-refractivity contribution in [2.24, 2.45) is 5.92 Å². The number of hydrogen-bond acceptors (Lipinski definition) is 8. The van der Waals surface area contributed by atoms with Gasteiger partial charge in [0.25, 0.3) is 0 Å². The zero-order valence-corrected chi connectivity index (χ0v) is 23.4. The van der Waals surface area contributed by atoms with Crippen LogP contribution in [-0.2, 0) is 26.2 Å². The highest BCUT2D eigenvalue weighted by Gasteiger charge is 2.36. The van der Waals surface area contributed by atoms with Gasteiger partial charge in [-0.2, -0.15) is 5.26 Å². The lowest BCUT2D eigenvalue weighted by atomic mass is 9.69. The van der Waals surface area contributed by atoms with Gasteiger partial charge in [-0.15, -0.1) is 0 Å². The number of benzene rings is 2. The fourth-order valence-electron chi connectivity index (χ4n) is 4.16. The first-order chi connectivity index (χ1) is 18.4. The molecule has 2 rings (SSSR count). The normalized spacial score (nSPS) is 12.0. The predicted octanol–water partition coefficient (Wildman–Crippen LogP) is 4.02. The molecule has 0 saturated carbocycles. The summed E-state index contributed by atoms with van der Waals surface area (Å²) in [4.78, 5) is 32.2. The van der Waals surface area contributed by atoms with Gasteiger partial charge in [0.1, 0.15) is 0 Å². The number of carboxylic acids is 2. The molecule has 0 unspecified atom stereocenters. The van der Waals surface area contributed by atoms with Crippen molar-refractivity contribution in [2.45, 2.75) is 38.5 Å². The zero-order chi connectivity index (χ0) is 29.6. The van der Waals surface area contributed by atoms with Crippen LogP contribution in [0.1, 0.15) is 48.2 Å². The van der Waals surface area contributed by atoms with Crippen molar-refractivity contribution in [2.75, 3.05) is 41.5 Å². The first-order valence-electron chi connectivity index (χ1n) is 12.4. The third-order valence-corrected chi connectivity index (χ3v) is 6.51. The minimum atomic E-state index is -1.82. The van der Waals surface area contributed by atoms with Crippen LogP contribution in [0.5, 0.6) is 11.5 Å². The summed E-state index contributed by atoms with van der Waals surface area (Å²) in [5, 5.41) is 25.0. The molecule has 212 valence electrons. The van der Waals surface area contributed by atoms with E-state index in [1.54, 1.807) is 20.3 Å². The van der Waals surface area contributed by atoms with Crippen LogP contribution in [0.3, 0.4) is 0 Å². The number of nitriles is 1. The van der Waals surface area contributed by atoms with Gasteiger partial charge in [0.2, 0.25) is 0 Å². The van der Waals surface area contributed by atoms with Crippen molar-refractivity contribution in [3.05, 3.63) is 59.2 Å². The largest absolute Gasteiger partial charge is 0.493 e. The number of esters is 1. The van der Waals surface area contributed by atoms with Crippen LogP contribution in [0.25, 0.3) is 0 Å². The van der Waals surface area contributed by atoms with Crippen molar-refractivity contribution in [3.8, 4) is 17.6 Å². The minimum absolute atomic E-state index is 0.145. The third-order valence-electron chi connectivity index (χ3n) is 6.51. The molecular weight excluding hydrogens is 504 g/mol. The molecule has 1 atom stereocenters. The maximum atomic E-state index is 11.7. The van der Waals surface area contributed by atoms with Gasteiger partial charge in [-0.25, -0.2) is 14.4 Å². The number of aliphatic carboxylic acids is 2. The maximum absolute atomic E-state index is 11.7. The summed E-state index contributed by atoms with van der Waals surface area (Å²) in [7, 11) is 6.70. The van der Waals surface area contributed by atoms with Gasteiger partial charge in [0.15, 0.2) is 11.5 Å². The first-order valence-corrected chi connectivity index (χ1v) is 12.4. The van der Waals surface area contributed by atoms with Crippen molar-refractivity contribution in [1.29, 1.82) is 5.26 Å². The number of nitrogens with zero attached hydrogens (tertiary/aromatic N) is 2. The smallest absolute Gasteiger partial charge is 0.414 e. The van der Waals surface area contributed by atoms with Crippen LogP contribution < -0.4 is 9.47 Å². The van der Waals surface area contributed by atoms with Crippen molar-refractivity contribution in [1.82, 2.24) is 4.90 Å². The summed E-state index contributed by atoms with van der Waals surface area (Å²) in [5.74, 6) is -2.52. The summed E-state index contributed by atoms with van der Waals surface area (Å²) >= 11 is 0. The molecule has 0 radical (unpaired) electrons. The number of likely N-dealkylation sites (N-methyl/N-ethyl adjacent to an activating group) is 1. The molecule has 0 saturated heterocycles. The molecule has 0 bridgehead atoms. The molecule has 0 aliphatic carbocycles. The average Bonchev–Trinajstić information content (AvgIpc) is 2.93. The number of carbonyl (C=O) groups excluding carboxylic acids is 1. The molecule has 39 heavy (non-hydrogen) atoms. The first kappa shape index (κ1) is 32.9. The molecule has 2 aromatic rings. The second-order valence-corrected chi connectivity index (χ2v) is 9.27. The fourth-order valence-corrected chi connectivity index (χ4v) is 4.16. The Morgan fingerprint density at radius 1 is 0.974 bits per heavy atom. The predicted molar refractivity (Wildman–Crippen MR) is 145 cm³/mol. The van der Waals surface area contributed by atoms with Gasteiger partial charge in [0, 0.05) is 6.54 Å². The number of carbonyl (C=O) groups is 3. The highest BCUT2D eigenvalue weighted by molar-refractivity contribution is 6.27. The fraction of sp³-hybridized carbons (Fsp3) is 0.448. The second-order valence-electron chi connectivity index (χ2n) is 9.27. The topological polar surface area (TPSA) is 146 Å². The third kappa shape index (κ3) is 9.61. The van der Waals surface area contributed by atoms with Crippen LogP contribution in [-0.4, -0.2) is 74.5 Å². The lowest BCUT2D eigenvalue weighted by Gasteiger charge is -2.32. The molecule has 10 nitrogen and oxygen atoms in total. The maximum Gasteiger partial charge on any atom is 0.414 e. The number of methoxy groups -OCH3 is 3. The van der Waals surface area contributed by atoms with Crippen LogP contribution in [0, 0.1) is 17.2 Å². The van der Waals surface area contributed by atoms with Gasteiger partial charge in [-0.3, -0.25) is 0 Å². The number of hydrogen-bond donors (Lipinski definition) is 2. The average molecular weight is 543 g/mol. The number of ether oxygens (including phenoxy) is 3. The highest BCUT2D eigenvalue weighted by atomic mass is 16.5. The Kier molecular flexibility index (Phi) is 13.5. The van der Waals surface area contributed by atoms with E-state index in [4.69, 9.17) is 34.0 Å². The van der Waals surface area contributed by atoms with E-state index >= 15 is 0 Å². The molecule has 10 heteroatoms. The van der Waals surface area contributed by atoms with Gasteiger partial charge < -0.3 is 29.3 Å². The van der Waals surface area contributed by atoms with Gasteiger partial charge in [-0.05, 0) is 74.2 Å². The molecule has 2 N–H and O–H groups in total. The van der Waals surface area contributed by atoms with E-state index in [0.29, 0.717) is 17.1 Å². The van der Waals surface area contributed by atoms with E-state index in [1.807, 2.05) is 36.4 Å². The monoisotopic (exact) mass is 542 g/mol. The van der Waals surface area contributed by atoms with Gasteiger partial charge in [0.05, 0.1) is 38.4 Å². The van der Waals surface area contributed by atoms with Crippen LogP contribution in [0.15, 0.2) is 42.5 Å². The Bertz CT molecular complexity index is 1150. The summed E-state index contributed by atoms with van der Waals surface area (Å²) in [6, 6.07) is 16.0. The Hall–Kier alpha value is -4.10. The van der Waals surface area contributed by atoms with Crippen molar-refractivity contribution >= 4 is 17.9 Å². The quantitative estimate of drug-likeness (QED) is 0.298. The van der Waals surface area contributed by atoms with Crippen molar-refractivity contribution in [3.63, 3.8) is 0 Å². The summed E-state index contributed by atoms with van der Waals surface area (Å²) in [6.07, 6.45) is 2.47. The molecule has 0 aliphatic rings. The van der Waals surface area contributed by atoms with Crippen LogP contribution in [0.2, 0.25) is 0 Å². The molecular formula is C29H38N2O8. The Morgan fingerprint density at radius 3 is 2.13 bits per heavy atom. The van der Waals surface area contributed by atoms with Crippen LogP contribution in [0.4, 0.5) is 0 Å². The summed E-state index contributed by atoms with van der Waals surface area (Å²) in [5.41, 5.74) is 2.03. The van der Waals surface area contributed by atoms with E-state index < -0.39 is 17.4 Å². The molecule has 0 heterocycles. The van der Waals surface area contributed by atoms with E-state index in [0.717, 1.165) is 43.5 Å². The number of carboxylic acid groups (broad SMARTS) is 2. The van der Waals surface area contributed by atoms with E-state index in [9.17, 15) is 10.1 Å². The molecule has 0 aliphatic heterocycles. The Balaban J connectivity index is 0.00000113. The molecule has 0 aromatic heterocycles. The summed E-state index contributed by atoms with van der Waals surface area (Å²) < 4.78 is 15.6. The number of rotatable bonds is 12. The van der Waals surface area contributed by atoms with Gasteiger partial charge in [-0.1, -0.05) is 32.0 Å². The molecule has 0 spiro atoms. The zero-order valence-electron chi connectivity index (χ0n) is 23.4. The highest BCUT2D eigenvalue weighted by Crippen LogP contribution is 2.40. The standard InChI is InChI=1S/C27H36N2O4.C2H2O4/c1-20(2)27(19-28,23-11-12-24(31-4)25(18-23)32-5)14-8-15-29(3)16-13-21-9-7-10-22(17-21)26(30)33-6;3-1(4)2(5)6/h7,9-12,17-18,20H,8,13-16H2,1-6H3;(H,3,4)(H,5,6)/t27-;/m0./s1. The van der Waals surface area contributed by atoms with Crippen molar-refractivity contribution < 1.29 is 38.8 Å². The van der Waals surface area contributed by atoms with E-state index in [-0.39, 0.29) is 11.9 Å². The lowest BCUT2D eigenvalue weighted by molar-refractivity contribution is -0.159. The Labute approximate surface area is 229 Å². The van der Waals surface area contributed by atoms with Gasteiger partial charge >= 0.3 is 17.9 Å². The summed E-state index contributed by atoms with van der Waals surface area (Å²) in [6.45, 7) is 5.93. The molecule has 2 aromatic carbocycles. The second kappa shape index (κ2) is 16.0. The minimum Gasteiger partial charge on any atom is -0.493 e. The van der Waals surface area contributed by atoms with E-state index in [2.05, 4.69) is 31.9 Å².